The maximum absolute atomic E-state index is 12.2. The van der Waals surface area contributed by atoms with Crippen LogP contribution in [0.5, 0.6) is 0 Å². The average Bonchev–Trinajstić information content (AvgIpc) is 2.90. The number of nitrogens with zero attached hydrogens (tertiary/aromatic N) is 1. The van der Waals surface area contributed by atoms with Gasteiger partial charge in [-0.25, -0.2) is 0 Å². The van der Waals surface area contributed by atoms with Gasteiger partial charge in [0.25, 0.3) is 0 Å². The molecular formula is C15H27NO2. The van der Waals surface area contributed by atoms with Crippen molar-refractivity contribution in [2.75, 3.05) is 26.8 Å². The van der Waals surface area contributed by atoms with E-state index in [1.54, 1.807) is 7.11 Å². The molecule has 1 amide bonds. The van der Waals surface area contributed by atoms with Gasteiger partial charge in [0, 0.05) is 26.6 Å². The summed E-state index contributed by atoms with van der Waals surface area (Å²) in [5.41, 5.74) is 0. The van der Waals surface area contributed by atoms with Gasteiger partial charge < -0.3 is 9.64 Å². The van der Waals surface area contributed by atoms with E-state index in [4.69, 9.17) is 4.74 Å². The molecule has 1 aliphatic heterocycles. The molecule has 2 rings (SSSR count). The summed E-state index contributed by atoms with van der Waals surface area (Å²) >= 11 is 0. The molecule has 2 fully saturated rings. The highest BCUT2D eigenvalue weighted by atomic mass is 16.5. The predicted octanol–water partition coefficient (Wildman–Crippen LogP) is 2.84. The Morgan fingerprint density at radius 3 is 2.61 bits per heavy atom. The van der Waals surface area contributed by atoms with E-state index in [9.17, 15) is 4.79 Å². The van der Waals surface area contributed by atoms with Crippen LogP contribution in [0.4, 0.5) is 0 Å². The number of carbonyl (C=O) groups is 1. The van der Waals surface area contributed by atoms with Crippen LogP contribution >= 0.6 is 0 Å². The minimum Gasteiger partial charge on any atom is -0.384 e. The maximum Gasteiger partial charge on any atom is 0.222 e. The van der Waals surface area contributed by atoms with Crippen molar-refractivity contribution in [3.63, 3.8) is 0 Å². The number of hydrogen-bond donors (Lipinski definition) is 0. The molecule has 1 aliphatic carbocycles. The average molecular weight is 253 g/mol. The van der Waals surface area contributed by atoms with E-state index in [2.05, 4.69) is 4.90 Å². The molecule has 0 aromatic carbocycles. The molecule has 1 heterocycles. The van der Waals surface area contributed by atoms with Crippen molar-refractivity contribution in [3.8, 4) is 0 Å². The molecule has 3 nitrogen and oxygen atoms in total. The van der Waals surface area contributed by atoms with Crippen molar-refractivity contribution in [1.82, 2.24) is 4.90 Å². The van der Waals surface area contributed by atoms with Gasteiger partial charge in [0.1, 0.15) is 0 Å². The zero-order valence-corrected chi connectivity index (χ0v) is 11.7. The molecule has 3 heteroatoms. The number of amides is 1. The van der Waals surface area contributed by atoms with Crippen molar-refractivity contribution in [2.24, 2.45) is 11.8 Å². The Hall–Kier alpha value is -0.570. The normalized spacial score (nSPS) is 25.6. The second kappa shape index (κ2) is 7.13. The van der Waals surface area contributed by atoms with E-state index in [0.717, 1.165) is 44.9 Å². The summed E-state index contributed by atoms with van der Waals surface area (Å²) in [5, 5.41) is 0. The highest BCUT2D eigenvalue weighted by molar-refractivity contribution is 5.76. The second-order valence-electron chi connectivity index (χ2n) is 5.99. The molecule has 2 aliphatic rings. The Bertz CT molecular complexity index is 259. The fraction of sp³-hybridized carbons (Fsp3) is 0.933. The first-order valence-electron chi connectivity index (χ1n) is 7.56. The van der Waals surface area contributed by atoms with Crippen LogP contribution in [0, 0.1) is 11.8 Å². The molecule has 1 saturated carbocycles. The summed E-state index contributed by atoms with van der Waals surface area (Å²) in [6.07, 6.45) is 9.67. The van der Waals surface area contributed by atoms with Crippen LogP contribution in [0.1, 0.15) is 51.4 Å². The minimum absolute atomic E-state index is 0.378. The molecule has 0 spiro atoms. The van der Waals surface area contributed by atoms with Gasteiger partial charge in [0.15, 0.2) is 0 Å². The lowest BCUT2D eigenvalue weighted by molar-refractivity contribution is -0.133. The fourth-order valence-electron chi connectivity index (χ4n) is 3.45. The van der Waals surface area contributed by atoms with Crippen molar-refractivity contribution >= 4 is 5.91 Å². The Kier molecular flexibility index (Phi) is 5.48. The van der Waals surface area contributed by atoms with Gasteiger partial charge in [-0.2, -0.15) is 0 Å². The number of rotatable bonds is 5. The van der Waals surface area contributed by atoms with Gasteiger partial charge in [-0.05, 0) is 31.1 Å². The molecule has 0 radical (unpaired) electrons. The number of methoxy groups -OCH3 is 1. The molecule has 0 aromatic heterocycles. The smallest absolute Gasteiger partial charge is 0.222 e. The summed E-state index contributed by atoms with van der Waals surface area (Å²) in [4.78, 5) is 14.3. The van der Waals surface area contributed by atoms with Crippen LogP contribution in [-0.4, -0.2) is 37.6 Å². The van der Waals surface area contributed by atoms with E-state index in [-0.39, 0.29) is 0 Å². The van der Waals surface area contributed by atoms with Crippen molar-refractivity contribution in [3.05, 3.63) is 0 Å². The van der Waals surface area contributed by atoms with Crippen LogP contribution in [0.25, 0.3) is 0 Å². The van der Waals surface area contributed by atoms with Gasteiger partial charge in [0.05, 0.1) is 6.61 Å². The van der Waals surface area contributed by atoms with Crippen LogP contribution in [0.2, 0.25) is 0 Å². The fourth-order valence-corrected chi connectivity index (χ4v) is 3.45. The van der Waals surface area contributed by atoms with Crippen LogP contribution < -0.4 is 0 Å². The lowest BCUT2D eigenvalue weighted by Gasteiger charge is -2.32. The summed E-state index contributed by atoms with van der Waals surface area (Å²) in [6, 6.07) is 0. The number of likely N-dealkylation sites (tertiary alicyclic amines) is 1. The molecule has 104 valence electrons. The first-order valence-corrected chi connectivity index (χ1v) is 7.56. The number of piperidine rings is 1. The molecule has 18 heavy (non-hydrogen) atoms. The summed E-state index contributed by atoms with van der Waals surface area (Å²) in [6.45, 7) is 2.67. The summed E-state index contributed by atoms with van der Waals surface area (Å²) in [5.74, 6) is 1.76. The van der Waals surface area contributed by atoms with E-state index in [1.165, 1.54) is 32.1 Å². The lowest BCUT2D eigenvalue weighted by Crippen LogP contribution is -2.41. The second-order valence-corrected chi connectivity index (χ2v) is 5.99. The molecule has 0 bridgehead atoms. The molecule has 0 N–H and O–H groups in total. The van der Waals surface area contributed by atoms with Crippen molar-refractivity contribution < 1.29 is 9.53 Å². The van der Waals surface area contributed by atoms with Crippen LogP contribution in [-0.2, 0) is 9.53 Å². The quantitative estimate of drug-likeness (QED) is 0.754. The van der Waals surface area contributed by atoms with Crippen molar-refractivity contribution in [1.29, 1.82) is 0 Å². The van der Waals surface area contributed by atoms with E-state index in [0.29, 0.717) is 11.8 Å². The zero-order valence-electron chi connectivity index (χ0n) is 11.7. The zero-order chi connectivity index (χ0) is 12.8. The first kappa shape index (κ1) is 13.9. The van der Waals surface area contributed by atoms with Gasteiger partial charge in [-0.15, -0.1) is 0 Å². The topological polar surface area (TPSA) is 29.5 Å². The molecular weight excluding hydrogens is 226 g/mol. The van der Waals surface area contributed by atoms with Gasteiger partial charge >= 0.3 is 0 Å². The SMILES string of the molecule is COCC1CCCN(C(=O)CCC2CCCC2)C1. The molecule has 1 unspecified atom stereocenters. The highest BCUT2D eigenvalue weighted by Gasteiger charge is 2.24. The standard InChI is InChI=1S/C15H27NO2/c1-18-12-14-7-4-10-16(11-14)15(17)9-8-13-5-2-3-6-13/h13-14H,2-12H2,1H3. The van der Waals surface area contributed by atoms with Gasteiger partial charge in [-0.3, -0.25) is 4.79 Å². The monoisotopic (exact) mass is 253 g/mol. The predicted molar refractivity (Wildman–Crippen MR) is 72.4 cm³/mol. The van der Waals surface area contributed by atoms with E-state index >= 15 is 0 Å². The largest absolute Gasteiger partial charge is 0.384 e. The third kappa shape index (κ3) is 3.98. The molecule has 1 saturated heterocycles. The first-order chi connectivity index (χ1) is 8.79. The summed E-state index contributed by atoms with van der Waals surface area (Å²) in [7, 11) is 1.75. The van der Waals surface area contributed by atoms with E-state index < -0.39 is 0 Å². The van der Waals surface area contributed by atoms with E-state index in [1.807, 2.05) is 0 Å². The highest BCUT2D eigenvalue weighted by Crippen LogP contribution is 2.29. The Labute approximate surface area is 111 Å². The molecule has 1 atom stereocenters. The van der Waals surface area contributed by atoms with Crippen molar-refractivity contribution in [2.45, 2.75) is 51.4 Å². The number of carbonyl (C=O) groups excluding carboxylic acids is 1. The maximum atomic E-state index is 12.2. The third-order valence-electron chi connectivity index (χ3n) is 4.52. The van der Waals surface area contributed by atoms with Crippen LogP contribution in [0.3, 0.4) is 0 Å². The van der Waals surface area contributed by atoms with Crippen LogP contribution in [0.15, 0.2) is 0 Å². The minimum atomic E-state index is 0.378. The Morgan fingerprint density at radius 2 is 1.89 bits per heavy atom. The molecule has 0 aromatic rings. The summed E-state index contributed by atoms with van der Waals surface area (Å²) < 4.78 is 5.21. The Morgan fingerprint density at radius 1 is 1.17 bits per heavy atom. The van der Waals surface area contributed by atoms with Gasteiger partial charge in [0.2, 0.25) is 5.91 Å². The lowest BCUT2D eigenvalue weighted by atomic mass is 9.97. The number of hydrogen-bond acceptors (Lipinski definition) is 2. The number of ether oxygens (including phenoxy) is 1. The third-order valence-corrected chi connectivity index (χ3v) is 4.52. The Balaban J connectivity index is 1.70. The van der Waals surface area contributed by atoms with Gasteiger partial charge in [-0.1, -0.05) is 25.7 Å².